The lowest BCUT2D eigenvalue weighted by molar-refractivity contribution is -0.141. The molecule has 2 N–H and O–H groups in total. The van der Waals surface area contributed by atoms with Crippen molar-refractivity contribution < 1.29 is 14.7 Å². The van der Waals surface area contributed by atoms with Gasteiger partial charge in [-0.2, -0.15) is 5.10 Å². The molecule has 0 saturated heterocycles. The van der Waals surface area contributed by atoms with Crippen molar-refractivity contribution >= 4 is 11.9 Å². The van der Waals surface area contributed by atoms with E-state index in [-0.39, 0.29) is 5.69 Å². The highest BCUT2D eigenvalue weighted by Crippen LogP contribution is 2.21. The van der Waals surface area contributed by atoms with Gasteiger partial charge in [0.15, 0.2) is 0 Å². The molecule has 0 aliphatic rings. The van der Waals surface area contributed by atoms with Crippen LogP contribution in [0.2, 0.25) is 0 Å². The van der Waals surface area contributed by atoms with E-state index in [1.165, 1.54) is 24.4 Å². The van der Waals surface area contributed by atoms with E-state index >= 15 is 0 Å². The maximum Gasteiger partial charge on any atom is 0.326 e. The zero-order chi connectivity index (χ0) is 16.4. The van der Waals surface area contributed by atoms with Gasteiger partial charge in [-0.25, -0.2) is 4.79 Å². The highest BCUT2D eigenvalue weighted by molar-refractivity contribution is 5.95. The van der Waals surface area contributed by atoms with Crippen LogP contribution < -0.4 is 0 Å². The maximum atomic E-state index is 12.2. The van der Waals surface area contributed by atoms with Gasteiger partial charge in [-0.15, -0.1) is 0 Å². The number of carbonyl (C=O) groups excluding carboxylic acids is 1. The average Bonchev–Trinajstić information content (AvgIpc) is 2.97. The number of hydrogen-bond acceptors (Lipinski definition) is 3. The third-order valence-electron chi connectivity index (χ3n) is 3.87. The standard InChI is InChI=1S/C16H19N3O3/c1-9-5-6-12(7-10(9)2)13-8-14(18-17-13)15(20)19(4)11(3)16(21)22/h5-8,11H,1-4H3,(H,17,18)(H,21,22). The minimum Gasteiger partial charge on any atom is -0.480 e. The first kappa shape index (κ1) is 15.8. The number of aromatic nitrogens is 2. The number of amides is 1. The number of aromatic amines is 1. The van der Waals surface area contributed by atoms with Crippen LogP contribution in [0.4, 0.5) is 0 Å². The fourth-order valence-corrected chi connectivity index (χ4v) is 2.01. The summed E-state index contributed by atoms with van der Waals surface area (Å²) in [5.74, 6) is -1.46. The third kappa shape index (κ3) is 3.00. The van der Waals surface area contributed by atoms with Gasteiger partial charge >= 0.3 is 5.97 Å². The molecule has 0 aliphatic heterocycles. The molecule has 1 amide bonds. The number of nitrogens with one attached hydrogen (secondary N) is 1. The van der Waals surface area contributed by atoms with Gasteiger partial charge in [0.05, 0.1) is 5.69 Å². The Morgan fingerprint density at radius 2 is 1.91 bits per heavy atom. The van der Waals surface area contributed by atoms with Crippen LogP contribution >= 0.6 is 0 Å². The fraction of sp³-hybridized carbons (Fsp3) is 0.312. The molecule has 0 fully saturated rings. The summed E-state index contributed by atoms with van der Waals surface area (Å²) >= 11 is 0. The summed E-state index contributed by atoms with van der Waals surface area (Å²) in [6.07, 6.45) is 0. The summed E-state index contributed by atoms with van der Waals surface area (Å²) in [4.78, 5) is 24.4. The van der Waals surface area contributed by atoms with Crippen molar-refractivity contribution in [3.05, 3.63) is 41.1 Å². The van der Waals surface area contributed by atoms with E-state index in [0.29, 0.717) is 5.69 Å². The monoisotopic (exact) mass is 301 g/mol. The first-order chi connectivity index (χ1) is 10.3. The van der Waals surface area contributed by atoms with E-state index in [1.807, 2.05) is 32.0 Å². The van der Waals surface area contributed by atoms with Crippen molar-refractivity contribution in [2.75, 3.05) is 7.05 Å². The van der Waals surface area contributed by atoms with Crippen molar-refractivity contribution in [1.82, 2.24) is 15.1 Å². The van der Waals surface area contributed by atoms with Crippen LogP contribution in [0.25, 0.3) is 11.3 Å². The van der Waals surface area contributed by atoms with E-state index in [1.54, 1.807) is 6.07 Å². The zero-order valence-electron chi connectivity index (χ0n) is 13.0. The van der Waals surface area contributed by atoms with Gasteiger partial charge in [-0.3, -0.25) is 9.89 Å². The lowest BCUT2D eigenvalue weighted by Crippen LogP contribution is -2.40. The molecule has 0 saturated carbocycles. The van der Waals surface area contributed by atoms with Crippen molar-refractivity contribution in [3.8, 4) is 11.3 Å². The number of carboxylic acid groups (broad SMARTS) is 1. The zero-order valence-corrected chi connectivity index (χ0v) is 13.0. The van der Waals surface area contributed by atoms with E-state index in [2.05, 4.69) is 10.2 Å². The van der Waals surface area contributed by atoms with Gasteiger partial charge in [-0.05, 0) is 44.0 Å². The van der Waals surface area contributed by atoms with Crippen molar-refractivity contribution in [2.45, 2.75) is 26.8 Å². The lowest BCUT2D eigenvalue weighted by atomic mass is 10.0. The van der Waals surface area contributed by atoms with Crippen LogP contribution in [0.3, 0.4) is 0 Å². The predicted octanol–water partition coefficient (Wildman–Crippen LogP) is 2.24. The van der Waals surface area contributed by atoms with Gasteiger partial charge in [-0.1, -0.05) is 12.1 Å². The van der Waals surface area contributed by atoms with Crippen LogP contribution in [-0.2, 0) is 4.79 Å². The normalized spacial score (nSPS) is 12.0. The number of carboxylic acids is 1. The van der Waals surface area contributed by atoms with Crippen LogP contribution in [0.1, 0.15) is 28.5 Å². The summed E-state index contributed by atoms with van der Waals surface area (Å²) in [6.45, 7) is 5.50. The summed E-state index contributed by atoms with van der Waals surface area (Å²) in [6, 6.07) is 6.68. The molecule has 0 radical (unpaired) electrons. The largest absolute Gasteiger partial charge is 0.480 e. The fourth-order valence-electron chi connectivity index (χ4n) is 2.01. The Bertz CT molecular complexity index is 721. The Morgan fingerprint density at radius 3 is 2.50 bits per heavy atom. The number of nitrogens with zero attached hydrogens (tertiary/aromatic N) is 2. The predicted molar refractivity (Wildman–Crippen MR) is 82.7 cm³/mol. The van der Waals surface area contributed by atoms with Crippen molar-refractivity contribution in [3.63, 3.8) is 0 Å². The highest BCUT2D eigenvalue weighted by atomic mass is 16.4. The topological polar surface area (TPSA) is 86.3 Å². The Labute approximate surface area is 128 Å². The third-order valence-corrected chi connectivity index (χ3v) is 3.87. The van der Waals surface area contributed by atoms with E-state index in [4.69, 9.17) is 5.11 Å². The Morgan fingerprint density at radius 1 is 1.23 bits per heavy atom. The molecule has 0 bridgehead atoms. The summed E-state index contributed by atoms with van der Waals surface area (Å²) in [5.41, 5.74) is 4.16. The van der Waals surface area contributed by atoms with E-state index in [9.17, 15) is 9.59 Å². The molecule has 0 spiro atoms. The molecular weight excluding hydrogens is 282 g/mol. The number of hydrogen-bond donors (Lipinski definition) is 2. The number of likely N-dealkylation sites (N-methyl/N-ethyl adjacent to an activating group) is 1. The first-order valence-corrected chi connectivity index (χ1v) is 6.94. The molecule has 1 heterocycles. The van der Waals surface area contributed by atoms with Gasteiger partial charge in [0.2, 0.25) is 0 Å². The van der Waals surface area contributed by atoms with Crippen molar-refractivity contribution in [2.24, 2.45) is 0 Å². The summed E-state index contributed by atoms with van der Waals surface area (Å²) < 4.78 is 0. The molecule has 1 atom stereocenters. The smallest absolute Gasteiger partial charge is 0.326 e. The Kier molecular flexibility index (Phi) is 4.30. The molecule has 2 aromatic rings. The van der Waals surface area contributed by atoms with Gasteiger partial charge < -0.3 is 10.0 Å². The molecule has 6 nitrogen and oxygen atoms in total. The maximum absolute atomic E-state index is 12.2. The summed E-state index contributed by atoms with van der Waals surface area (Å²) in [7, 11) is 1.46. The molecular formula is C16H19N3O3. The number of benzene rings is 1. The highest BCUT2D eigenvalue weighted by Gasteiger charge is 2.24. The van der Waals surface area contributed by atoms with Crippen molar-refractivity contribution in [1.29, 1.82) is 0 Å². The van der Waals surface area contributed by atoms with E-state index < -0.39 is 17.9 Å². The number of aryl methyl sites for hydroxylation is 2. The van der Waals surface area contributed by atoms with Crippen LogP contribution in [0, 0.1) is 13.8 Å². The first-order valence-electron chi connectivity index (χ1n) is 6.94. The lowest BCUT2D eigenvalue weighted by Gasteiger charge is -2.20. The minimum absolute atomic E-state index is 0.267. The number of H-pyrrole nitrogens is 1. The molecule has 1 unspecified atom stereocenters. The Hall–Kier alpha value is -2.63. The van der Waals surface area contributed by atoms with Gasteiger partial charge in [0.1, 0.15) is 11.7 Å². The molecule has 116 valence electrons. The molecule has 6 heteroatoms. The number of rotatable bonds is 4. The van der Waals surface area contributed by atoms with Crippen LogP contribution in [0.5, 0.6) is 0 Å². The number of carbonyl (C=O) groups is 2. The van der Waals surface area contributed by atoms with Crippen LogP contribution in [0.15, 0.2) is 24.3 Å². The molecule has 0 aliphatic carbocycles. The average molecular weight is 301 g/mol. The quantitative estimate of drug-likeness (QED) is 0.906. The second kappa shape index (κ2) is 6.01. The van der Waals surface area contributed by atoms with Gasteiger partial charge in [0.25, 0.3) is 5.91 Å². The minimum atomic E-state index is -1.05. The van der Waals surface area contributed by atoms with E-state index in [0.717, 1.165) is 11.1 Å². The molecule has 22 heavy (non-hydrogen) atoms. The Balaban J connectivity index is 2.26. The second-order valence-electron chi connectivity index (χ2n) is 5.40. The molecule has 2 rings (SSSR count). The summed E-state index contributed by atoms with van der Waals surface area (Å²) in [5, 5.41) is 15.8. The van der Waals surface area contributed by atoms with Gasteiger partial charge in [0, 0.05) is 12.6 Å². The number of aliphatic carboxylic acids is 1. The molecule has 1 aromatic carbocycles. The molecule has 1 aromatic heterocycles. The SMILES string of the molecule is Cc1ccc(-c2cc(C(=O)N(C)C(C)C(=O)O)[nH]n2)cc1C. The van der Waals surface area contributed by atoms with Crippen LogP contribution in [-0.4, -0.2) is 45.2 Å². The second-order valence-corrected chi connectivity index (χ2v) is 5.40.